The van der Waals surface area contributed by atoms with E-state index in [1.807, 2.05) is 0 Å². The molecule has 0 aliphatic heterocycles. The molecule has 0 saturated heterocycles. The highest BCUT2D eigenvalue weighted by Gasteiger charge is 2.32. The number of hydrogen-bond acceptors (Lipinski definition) is 7. The molecule has 10 nitrogen and oxygen atoms in total. The van der Waals surface area contributed by atoms with Gasteiger partial charge in [0.25, 0.3) is 6.04 Å². The van der Waals surface area contributed by atoms with E-state index >= 15 is 0 Å². The van der Waals surface area contributed by atoms with E-state index in [-0.39, 0.29) is 0 Å². The number of aliphatic carboxylic acids is 1. The second-order valence-corrected chi connectivity index (χ2v) is 9.55. The van der Waals surface area contributed by atoms with Gasteiger partial charge in [0.2, 0.25) is 10.0 Å². The molecule has 2 aromatic carbocycles. The Labute approximate surface area is 215 Å². The monoisotopic (exact) mass is 529 g/mol. The van der Waals surface area contributed by atoms with E-state index in [4.69, 9.17) is 18.9 Å². The molecule has 0 aliphatic carbocycles. The first-order valence-electron chi connectivity index (χ1n) is 11.0. The van der Waals surface area contributed by atoms with Gasteiger partial charge in [-0.2, -0.15) is 4.57 Å². The van der Waals surface area contributed by atoms with Gasteiger partial charge < -0.3 is 24.1 Å². The van der Waals surface area contributed by atoms with Crippen molar-refractivity contribution in [3.05, 3.63) is 83.8 Å². The molecule has 0 aliphatic rings. The molecule has 3 rings (SSSR count). The van der Waals surface area contributed by atoms with Gasteiger partial charge in [-0.15, -0.1) is 0 Å². The van der Waals surface area contributed by atoms with E-state index in [9.17, 15) is 18.3 Å². The van der Waals surface area contributed by atoms with Crippen LogP contribution in [-0.2, 0) is 20.6 Å². The molecule has 0 radical (unpaired) electrons. The number of nitrogens with zero attached hydrogens (tertiary/aromatic N) is 1. The van der Waals surface area contributed by atoms with Crippen molar-refractivity contribution in [3.8, 4) is 23.0 Å². The Hall–Kier alpha value is -4.25. The van der Waals surface area contributed by atoms with Crippen molar-refractivity contribution in [1.82, 2.24) is 4.72 Å². The predicted octanol–water partition coefficient (Wildman–Crippen LogP) is 2.77. The summed E-state index contributed by atoms with van der Waals surface area (Å²) in [4.78, 5) is 12.1. The van der Waals surface area contributed by atoms with Crippen LogP contribution in [0.2, 0.25) is 0 Å². The zero-order valence-electron chi connectivity index (χ0n) is 20.9. The van der Waals surface area contributed by atoms with E-state index in [0.717, 1.165) is 0 Å². The number of rotatable bonds is 12. The number of carboxylic acid groups (broad SMARTS) is 1. The van der Waals surface area contributed by atoms with Crippen molar-refractivity contribution < 1.29 is 41.8 Å². The third-order valence-corrected chi connectivity index (χ3v) is 6.68. The van der Waals surface area contributed by atoms with E-state index < -0.39 is 27.8 Å². The smallest absolute Gasteiger partial charge is 0.378 e. The van der Waals surface area contributed by atoms with Gasteiger partial charge in [0.15, 0.2) is 12.4 Å². The van der Waals surface area contributed by atoms with Crippen LogP contribution in [0.4, 0.5) is 0 Å². The highest BCUT2D eigenvalue weighted by molar-refractivity contribution is 7.88. The minimum Gasteiger partial charge on any atom is -0.496 e. The number of benzene rings is 2. The summed E-state index contributed by atoms with van der Waals surface area (Å²) < 4.78 is 50.9. The molecule has 0 fully saturated rings. The van der Waals surface area contributed by atoms with E-state index in [2.05, 4.69) is 4.72 Å². The summed E-state index contributed by atoms with van der Waals surface area (Å²) in [7, 11) is 2.06. The molecule has 0 saturated carbocycles. The molecular weight excluding hydrogens is 500 g/mol. The Morgan fingerprint density at radius 1 is 0.946 bits per heavy atom. The quantitative estimate of drug-likeness (QED) is 0.343. The van der Waals surface area contributed by atoms with Crippen LogP contribution in [0.25, 0.3) is 6.08 Å². The molecule has 0 bridgehead atoms. The fourth-order valence-electron chi connectivity index (χ4n) is 3.77. The van der Waals surface area contributed by atoms with Crippen molar-refractivity contribution in [2.75, 3.05) is 28.4 Å². The Kier molecular flexibility index (Phi) is 8.96. The van der Waals surface area contributed by atoms with Crippen LogP contribution in [0.1, 0.15) is 22.7 Å². The number of pyridine rings is 1. The summed E-state index contributed by atoms with van der Waals surface area (Å²) >= 11 is 0. The molecule has 37 heavy (non-hydrogen) atoms. The fourth-order valence-corrected chi connectivity index (χ4v) is 4.75. The average Bonchev–Trinajstić information content (AvgIpc) is 2.89. The third kappa shape index (κ3) is 6.70. The highest BCUT2D eigenvalue weighted by Crippen LogP contribution is 2.35. The van der Waals surface area contributed by atoms with Crippen LogP contribution < -0.4 is 28.2 Å². The maximum Gasteiger partial charge on any atom is 0.378 e. The number of sulfonamides is 1. The standard InChI is InChI=1S/C26H28N2O8S/c1-33-19-15-23(35-3)20(24(16-19)36-4)10-11-27-37(31,32)17-18-8-9-22(34-2)21(14-18)25(26(29)30)28-12-6-5-7-13-28/h5-16,25,27H,17H2,1-4H3/p+1. The Morgan fingerprint density at radius 3 is 2.11 bits per heavy atom. The molecule has 196 valence electrons. The minimum atomic E-state index is -3.84. The van der Waals surface area contributed by atoms with Gasteiger partial charge in [-0.1, -0.05) is 12.1 Å². The van der Waals surface area contributed by atoms with Gasteiger partial charge in [-0.05, 0) is 23.8 Å². The second kappa shape index (κ2) is 12.1. The lowest BCUT2D eigenvalue weighted by Crippen LogP contribution is -2.44. The van der Waals surface area contributed by atoms with Gasteiger partial charge in [-0.3, -0.25) is 4.72 Å². The normalized spacial score (nSPS) is 12.1. The summed E-state index contributed by atoms with van der Waals surface area (Å²) in [5.41, 5.74) is 1.23. The average molecular weight is 530 g/mol. The topological polar surface area (TPSA) is 124 Å². The van der Waals surface area contributed by atoms with Crippen LogP contribution in [-0.4, -0.2) is 47.9 Å². The summed E-state index contributed by atoms with van der Waals surface area (Å²) in [5.74, 6) is 0.218. The van der Waals surface area contributed by atoms with Crippen LogP contribution in [0.5, 0.6) is 23.0 Å². The van der Waals surface area contributed by atoms with Crippen molar-refractivity contribution in [2.24, 2.45) is 0 Å². The van der Waals surface area contributed by atoms with Crippen LogP contribution in [0.15, 0.2) is 67.1 Å². The molecule has 2 N–H and O–H groups in total. The van der Waals surface area contributed by atoms with Crippen LogP contribution >= 0.6 is 0 Å². The van der Waals surface area contributed by atoms with Crippen molar-refractivity contribution >= 4 is 22.1 Å². The lowest BCUT2D eigenvalue weighted by molar-refractivity contribution is -0.702. The molecule has 1 unspecified atom stereocenters. The first-order chi connectivity index (χ1) is 17.7. The molecule has 1 heterocycles. The van der Waals surface area contributed by atoms with Gasteiger partial charge in [-0.25, -0.2) is 13.2 Å². The van der Waals surface area contributed by atoms with Crippen molar-refractivity contribution in [1.29, 1.82) is 0 Å². The Balaban J connectivity index is 1.87. The largest absolute Gasteiger partial charge is 0.496 e. The summed E-state index contributed by atoms with van der Waals surface area (Å²) in [5, 5.41) is 9.92. The molecule has 0 spiro atoms. The molecule has 11 heteroatoms. The first-order valence-corrected chi connectivity index (χ1v) is 12.7. The third-order valence-electron chi connectivity index (χ3n) is 5.47. The van der Waals surface area contributed by atoms with Gasteiger partial charge in [0, 0.05) is 30.5 Å². The van der Waals surface area contributed by atoms with E-state index in [1.54, 1.807) is 54.9 Å². The van der Waals surface area contributed by atoms with E-state index in [1.165, 1.54) is 51.3 Å². The van der Waals surface area contributed by atoms with E-state index in [0.29, 0.717) is 39.7 Å². The highest BCUT2D eigenvalue weighted by atomic mass is 32.2. The maximum absolute atomic E-state index is 12.8. The first kappa shape index (κ1) is 27.3. The van der Waals surface area contributed by atoms with Crippen molar-refractivity contribution in [2.45, 2.75) is 11.8 Å². The molecular formula is C26H29N2O8S+. The molecule has 0 amide bonds. The predicted molar refractivity (Wildman–Crippen MR) is 136 cm³/mol. The Morgan fingerprint density at radius 2 is 1.57 bits per heavy atom. The number of carboxylic acids is 1. The zero-order chi connectivity index (χ0) is 27.0. The fraction of sp³-hybridized carbons (Fsp3) is 0.231. The molecule has 3 aromatic rings. The SMILES string of the molecule is COc1cc(OC)c(C=CNS(=O)(=O)Cc2ccc(OC)c(C(C(=O)O)[n+]3ccccc3)c2)c(OC)c1. The number of hydrogen-bond donors (Lipinski definition) is 2. The molecule has 1 aromatic heterocycles. The Bertz CT molecular complexity index is 1350. The number of carbonyl (C=O) groups is 1. The van der Waals surface area contributed by atoms with Crippen molar-refractivity contribution in [3.63, 3.8) is 0 Å². The van der Waals surface area contributed by atoms with Gasteiger partial charge in [0.1, 0.15) is 23.0 Å². The molecule has 1 atom stereocenters. The number of ether oxygens (including phenoxy) is 4. The number of nitrogens with one attached hydrogen (secondary N) is 1. The zero-order valence-corrected chi connectivity index (χ0v) is 21.7. The van der Waals surface area contributed by atoms with Gasteiger partial charge >= 0.3 is 5.97 Å². The number of aromatic nitrogens is 1. The summed E-state index contributed by atoms with van der Waals surface area (Å²) in [6.07, 6.45) is 6.03. The summed E-state index contributed by atoms with van der Waals surface area (Å²) in [6.45, 7) is 0. The van der Waals surface area contributed by atoms with Crippen LogP contribution in [0.3, 0.4) is 0 Å². The maximum atomic E-state index is 12.8. The minimum absolute atomic E-state index is 0.321. The lowest BCUT2D eigenvalue weighted by Gasteiger charge is -2.14. The lowest BCUT2D eigenvalue weighted by atomic mass is 10.0. The number of methoxy groups -OCH3 is 4. The second-order valence-electron chi connectivity index (χ2n) is 7.80. The van der Waals surface area contributed by atoms with Crippen LogP contribution in [0, 0.1) is 0 Å². The summed E-state index contributed by atoms with van der Waals surface area (Å²) in [6, 6.07) is 12.0. The van der Waals surface area contributed by atoms with Gasteiger partial charge in [0.05, 0.1) is 45.3 Å².